The SMILES string of the molecule is CC(C)O.CO.[Ti].[Ti]. The Kier molecular flexibility index (Phi) is 67.9. The van der Waals surface area contributed by atoms with Gasteiger partial charge >= 0.3 is 0 Å². The zero-order valence-corrected chi connectivity index (χ0v) is 8.59. The van der Waals surface area contributed by atoms with Crippen molar-refractivity contribution < 1.29 is 53.6 Å². The van der Waals surface area contributed by atoms with Crippen LogP contribution in [0.4, 0.5) is 0 Å². The van der Waals surface area contributed by atoms with Gasteiger partial charge in [0.15, 0.2) is 0 Å². The van der Waals surface area contributed by atoms with Crippen LogP contribution in [0.2, 0.25) is 0 Å². The minimum absolute atomic E-state index is 0. The molecule has 0 aliphatic heterocycles. The Morgan fingerprint density at radius 1 is 1.00 bits per heavy atom. The predicted octanol–water partition coefficient (Wildman–Crippen LogP) is -0.00940. The standard InChI is InChI=1S/C3H8O.CH4O.2Ti/c1-3(2)4;1-2;;/h3-4H,1-2H3;2H,1H3;;. The quantitative estimate of drug-likeness (QED) is 0.524. The van der Waals surface area contributed by atoms with Crippen molar-refractivity contribution in [2.24, 2.45) is 0 Å². The van der Waals surface area contributed by atoms with Gasteiger partial charge in [-0.3, -0.25) is 0 Å². The van der Waals surface area contributed by atoms with Gasteiger partial charge in [-0.2, -0.15) is 0 Å². The molecule has 2 N–H and O–H groups in total. The van der Waals surface area contributed by atoms with Crippen LogP contribution in [-0.4, -0.2) is 23.4 Å². The second-order valence-corrected chi connectivity index (χ2v) is 1.09. The maximum absolute atomic E-state index is 8.06. The molecule has 48 valence electrons. The Bertz CT molecular complexity index is 16.8. The van der Waals surface area contributed by atoms with E-state index in [-0.39, 0.29) is 49.5 Å². The monoisotopic (exact) mass is 188 g/mol. The van der Waals surface area contributed by atoms with Crippen LogP contribution < -0.4 is 0 Å². The van der Waals surface area contributed by atoms with Crippen molar-refractivity contribution in [3.05, 3.63) is 0 Å². The van der Waals surface area contributed by atoms with Crippen molar-refractivity contribution in [1.82, 2.24) is 0 Å². The van der Waals surface area contributed by atoms with Gasteiger partial charge in [-0.05, 0) is 13.8 Å². The van der Waals surface area contributed by atoms with Crippen LogP contribution in [0.15, 0.2) is 0 Å². The largest absolute Gasteiger partial charge is 0.400 e. The van der Waals surface area contributed by atoms with Crippen molar-refractivity contribution in [3.8, 4) is 0 Å². The molecule has 2 nitrogen and oxygen atoms in total. The van der Waals surface area contributed by atoms with Crippen LogP contribution in [0.1, 0.15) is 13.8 Å². The summed E-state index contributed by atoms with van der Waals surface area (Å²) in [6, 6.07) is 0. The van der Waals surface area contributed by atoms with Crippen LogP contribution in [0.3, 0.4) is 0 Å². The van der Waals surface area contributed by atoms with Crippen molar-refractivity contribution in [1.29, 1.82) is 0 Å². The first-order valence-corrected chi connectivity index (χ1v) is 1.86. The van der Waals surface area contributed by atoms with E-state index in [1.807, 2.05) is 0 Å². The Morgan fingerprint density at radius 3 is 1.00 bits per heavy atom. The Hall–Kier alpha value is 1.35. The van der Waals surface area contributed by atoms with Gasteiger partial charge in [0.1, 0.15) is 0 Å². The summed E-state index contributed by atoms with van der Waals surface area (Å²) < 4.78 is 0. The molecule has 8 heavy (non-hydrogen) atoms. The number of aliphatic hydroxyl groups is 2. The van der Waals surface area contributed by atoms with Gasteiger partial charge in [-0.1, -0.05) is 0 Å². The van der Waals surface area contributed by atoms with Gasteiger partial charge in [-0.25, -0.2) is 0 Å². The molecule has 0 saturated carbocycles. The van der Waals surface area contributed by atoms with Crippen molar-refractivity contribution in [3.63, 3.8) is 0 Å². The zero-order valence-electron chi connectivity index (χ0n) is 5.47. The Labute approximate surface area is 80.4 Å². The van der Waals surface area contributed by atoms with Crippen molar-refractivity contribution in [2.75, 3.05) is 7.11 Å². The Morgan fingerprint density at radius 2 is 1.00 bits per heavy atom. The molecule has 0 aliphatic carbocycles. The normalized spacial score (nSPS) is 5.25. The van der Waals surface area contributed by atoms with E-state index in [1.165, 1.54) is 0 Å². The molecule has 0 radical (unpaired) electrons. The second-order valence-electron chi connectivity index (χ2n) is 1.09. The van der Waals surface area contributed by atoms with Crippen LogP contribution in [0, 0.1) is 0 Å². The molecule has 0 aromatic heterocycles. The summed E-state index contributed by atoms with van der Waals surface area (Å²) in [5.74, 6) is 0. The molecule has 0 unspecified atom stereocenters. The fourth-order valence-electron chi connectivity index (χ4n) is 0. The maximum Gasteiger partial charge on any atom is 0.0483 e. The molecule has 0 rings (SSSR count). The Balaban J connectivity index is -0.0000000183. The fraction of sp³-hybridized carbons (Fsp3) is 1.00. The molecule has 0 bridgehead atoms. The van der Waals surface area contributed by atoms with E-state index in [2.05, 4.69) is 0 Å². The predicted molar refractivity (Wildman–Crippen MR) is 25.5 cm³/mol. The smallest absolute Gasteiger partial charge is 0.0483 e. The number of rotatable bonds is 0. The molecule has 4 heteroatoms. The summed E-state index contributed by atoms with van der Waals surface area (Å²) in [6.45, 7) is 3.44. The van der Waals surface area contributed by atoms with Gasteiger partial charge in [-0.15, -0.1) is 0 Å². The summed E-state index contributed by atoms with van der Waals surface area (Å²) in [7, 11) is 1.00. The van der Waals surface area contributed by atoms with Crippen molar-refractivity contribution >= 4 is 0 Å². The van der Waals surface area contributed by atoms with Crippen LogP contribution in [0.25, 0.3) is 0 Å². The van der Waals surface area contributed by atoms with E-state index in [9.17, 15) is 0 Å². The molecule has 0 atom stereocenters. The first-order valence-electron chi connectivity index (χ1n) is 1.86. The minimum atomic E-state index is -0.167. The fourth-order valence-corrected chi connectivity index (χ4v) is 0. The van der Waals surface area contributed by atoms with E-state index < -0.39 is 0 Å². The van der Waals surface area contributed by atoms with E-state index >= 15 is 0 Å². The molecule has 0 aliphatic rings. The summed E-state index contributed by atoms with van der Waals surface area (Å²) in [5.41, 5.74) is 0. The van der Waals surface area contributed by atoms with Gasteiger partial charge in [0.2, 0.25) is 0 Å². The topological polar surface area (TPSA) is 40.5 Å². The summed E-state index contributed by atoms with van der Waals surface area (Å²) >= 11 is 0. The third-order valence-corrected chi connectivity index (χ3v) is 0. The summed E-state index contributed by atoms with van der Waals surface area (Å²) in [6.07, 6.45) is -0.167. The number of hydrogen-bond donors (Lipinski definition) is 2. The second kappa shape index (κ2) is 23.8. The van der Waals surface area contributed by atoms with Crippen LogP contribution >= 0.6 is 0 Å². The third kappa shape index (κ3) is 163. The molecule has 0 amide bonds. The maximum atomic E-state index is 8.06. The minimum Gasteiger partial charge on any atom is -0.400 e. The molecular formula is C4H12O2Ti2. The van der Waals surface area contributed by atoms with E-state index in [0.29, 0.717) is 0 Å². The number of aliphatic hydroxyl groups excluding tert-OH is 2. The van der Waals surface area contributed by atoms with Crippen LogP contribution in [-0.2, 0) is 43.4 Å². The van der Waals surface area contributed by atoms with Gasteiger partial charge < -0.3 is 10.2 Å². The molecule has 0 fully saturated rings. The summed E-state index contributed by atoms with van der Waals surface area (Å²) in [5, 5.41) is 15.1. The molecule has 0 saturated heterocycles. The van der Waals surface area contributed by atoms with Crippen LogP contribution in [0.5, 0.6) is 0 Å². The number of hydrogen-bond acceptors (Lipinski definition) is 2. The third-order valence-electron chi connectivity index (χ3n) is 0. The molecular weight excluding hydrogens is 176 g/mol. The molecule has 0 heterocycles. The average molecular weight is 188 g/mol. The van der Waals surface area contributed by atoms with Crippen molar-refractivity contribution in [2.45, 2.75) is 20.0 Å². The van der Waals surface area contributed by atoms with Gasteiger partial charge in [0.05, 0.1) is 0 Å². The zero-order chi connectivity index (χ0) is 5.58. The van der Waals surface area contributed by atoms with Gasteiger partial charge in [0.25, 0.3) is 0 Å². The average Bonchev–Trinajstić information content (AvgIpc) is 1.41. The van der Waals surface area contributed by atoms with E-state index in [4.69, 9.17) is 10.2 Å². The van der Waals surface area contributed by atoms with E-state index in [1.54, 1.807) is 13.8 Å². The molecule has 0 spiro atoms. The molecule has 0 aromatic rings. The van der Waals surface area contributed by atoms with E-state index in [0.717, 1.165) is 7.11 Å². The first-order chi connectivity index (χ1) is 2.73. The summed E-state index contributed by atoms with van der Waals surface area (Å²) in [4.78, 5) is 0. The first kappa shape index (κ1) is 22.8. The van der Waals surface area contributed by atoms with Gasteiger partial charge in [0, 0.05) is 56.6 Å². The molecule has 0 aromatic carbocycles.